The summed E-state index contributed by atoms with van der Waals surface area (Å²) in [5, 5.41) is 2.69. The van der Waals surface area contributed by atoms with E-state index >= 15 is 8.78 Å². The van der Waals surface area contributed by atoms with Crippen LogP contribution in [0.1, 0.15) is 16.7 Å². The Hall–Kier alpha value is -5.44. The Morgan fingerprint density at radius 2 is 1.44 bits per heavy atom. The maximum atomic E-state index is 15.0. The van der Waals surface area contributed by atoms with Crippen LogP contribution in [-0.2, 0) is 29.7 Å². The number of fused-ring (bicyclic) bond motifs is 1. The number of nitrogens with zero attached hydrogens (tertiary/aromatic N) is 3. The van der Waals surface area contributed by atoms with Crippen LogP contribution in [0.5, 0.6) is 0 Å². The number of amides is 2. The lowest BCUT2D eigenvalue weighted by atomic mass is 10.1. The third kappa shape index (κ3) is 7.42. The highest BCUT2D eigenvalue weighted by atomic mass is 32.2. The van der Waals surface area contributed by atoms with E-state index in [-0.39, 0.29) is 22.3 Å². The van der Waals surface area contributed by atoms with E-state index in [0.29, 0.717) is 33.9 Å². The molecule has 4 aromatic carbocycles. The molecule has 0 atom stereocenters. The number of halogens is 2. The molecule has 2 aromatic heterocycles. The highest BCUT2D eigenvalue weighted by Crippen LogP contribution is 2.38. The van der Waals surface area contributed by atoms with Crippen molar-refractivity contribution in [1.29, 1.82) is 0 Å². The molecular formula is C36H31F2N5O5S2. The van der Waals surface area contributed by atoms with Crippen molar-refractivity contribution in [3.63, 3.8) is 0 Å². The number of carbonyl (C=O) groups is 1. The summed E-state index contributed by atoms with van der Waals surface area (Å²) in [5.41, 5.74) is 1.19. The number of nitrogens with one attached hydrogen (secondary N) is 2. The van der Waals surface area contributed by atoms with Gasteiger partial charge in [-0.2, -0.15) is 0 Å². The number of urea groups is 1. The van der Waals surface area contributed by atoms with Crippen LogP contribution in [0.25, 0.3) is 26.3 Å². The van der Waals surface area contributed by atoms with Crippen molar-refractivity contribution in [1.82, 2.24) is 18.8 Å². The van der Waals surface area contributed by atoms with E-state index in [9.17, 15) is 22.8 Å². The predicted molar refractivity (Wildman–Crippen MR) is 191 cm³/mol. The van der Waals surface area contributed by atoms with E-state index in [4.69, 9.17) is 0 Å². The Morgan fingerprint density at radius 1 is 0.820 bits per heavy atom. The first-order valence-corrected chi connectivity index (χ1v) is 18.0. The summed E-state index contributed by atoms with van der Waals surface area (Å²) in [6.45, 7) is 0.318. The molecule has 0 aliphatic heterocycles. The molecule has 10 nitrogen and oxygen atoms in total. The fourth-order valence-electron chi connectivity index (χ4n) is 5.69. The molecule has 6 rings (SSSR count). The van der Waals surface area contributed by atoms with Crippen LogP contribution in [0, 0.1) is 11.6 Å². The van der Waals surface area contributed by atoms with Gasteiger partial charge in [-0.15, -0.1) is 11.3 Å². The fraction of sp³-hybridized carbons (Fsp3) is 0.139. The van der Waals surface area contributed by atoms with Crippen molar-refractivity contribution in [2.75, 3.05) is 18.6 Å². The highest BCUT2D eigenvalue weighted by Gasteiger charge is 2.26. The number of para-hydroxylation sites is 1. The van der Waals surface area contributed by atoms with Crippen LogP contribution >= 0.6 is 11.3 Å². The molecule has 0 fully saturated rings. The minimum Gasteiger partial charge on any atom is -0.307 e. The van der Waals surface area contributed by atoms with Gasteiger partial charge in [-0.25, -0.2) is 36.1 Å². The number of benzene rings is 4. The Balaban J connectivity index is 1.56. The lowest BCUT2D eigenvalue weighted by Gasteiger charge is -2.18. The van der Waals surface area contributed by atoms with E-state index in [1.165, 1.54) is 10.6 Å². The van der Waals surface area contributed by atoms with Gasteiger partial charge in [0.25, 0.3) is 5.56 Å². The highest BCUT2D eigenvalue weighted by molar-refractivity contribution is 7.89. The molecule has 2 N–H and O–H groups in total. The second kappa shape index (κ2) is 14.2. The summed E-state index contributed by atoms with van der Waals surface area (Å²) >= 11 is 1.14. The van der Waals surface area contributed by atoms with Crippen LogP contribution in [0.3, 0.4) is 0 Å². The lowest BCUT2D eigenvalue weighted by molar-refractivity contribution is 0.256. The molecule has 50 heavy (non-hydrogen) atoms. The van der Waals surface area contributed by atoms with Crippen LogP contribution in [0.2, 0.25) is 0 Å². The van der Waals surface area contributed by atoms with Crippen molar-refractivity contribution in [3.05, 3.63) is 152 Å². The van der Waals surface area contributed by atoms with Crippen molar-refractivity contribution in [2.45, 2.75) is 19.6 Å². The molecular weight excluding hydrogens is 685 g/mol. The number of anilines is 1. The van der Waals surface area contributed by atoms with Crippen LogP contribution in [0.15, 0.2) is 113 Å². The SMILES string of the molecule is CN(Cc1ccccc1)Cc1c(-c2ccc(NC(=O)NS(C)(=O)=O)cc2)sc2c1c(=O)n(-c1ccccc1)c(=O)n2Cc1c(F)cccc1F. The Bertz CT molecular complexity index is 2410. The predicted octanol–water partition coefficient (Wildman–Crippen LogP) is 5.92. The maximum absolute atomic E-state index is 15.0. The zero-order chi connectivity index (χ0) is 35.6. The number of hydrogen-bond acceptors (Lipinski definition) is 7. The Morgan fingerprint density at radius 3 is 2.06 bits per heavy atom. The first-order valence-electron chi connectivity index (χ1n) is 15.3. The van der Waals surface area contributed by atoms with E-state index in [1.807, 2.05) is 47.0 Å². The summed E-state index contributed by atoms with van der Waals surface area (Å²) in [6.07, 6.45) is 0.861. The molecule has 0 aliphatic rings. The number of hydrogen-bond donors (Lipinski definition) is 2. The van der Waals surface area contributed by atoms with E-state index in [2.05, 4.69) is 5.32 Å². The molecule has 0 bridgehead atoms. The van der Waals surface area contributed by atoms with Gasteiger partial charge in [-0.05, 0) is 60.1 Å². The van der Waals surface area contributed by atoms with Gasteiger partial charge < -0.3 is 5.32 Å². The smallest absolute Gasteiger partial charge is 0.307 e. The normalized spacial score (nSPS) is 11.6. The van der Waals surface area contributed by atoms with Crippen molar-refractivity contribution in [3.8, 4) is 16.1 Å². The minimum atomic E-state index is -3.78. The van der Waals surface area contributed by atoms with Gasteiger partial charge >= 0.3 is 11.7 Å². The molecule has 0 unspecified atom stereocenters. The van der Waals surface area contributed by atoms with E-state index < -0.39 is 45.5 Å². The summed E-state index contributed by atoms with van der Waals surface area (Å²) in [7, 11) is -1.89. The van der Waals surface area contributed by atoms with E-state index in [0.717, 1.165) is 39.9 Å². The number of aromatic nitrogens is 2. The van der Waals surface area contributed by atoms with Gasteiger partial charge in [-0.3, -0.25) is 14.3 Å². The topological polar surface area (TPSA) is 123 Å². The second-order valence-corrected chi connectivity index (χ2v) is 14.4. The second-order valence-electron chi connectivity index (χ2n) is 11.7. The summed E-state index contributed by atoms with van der Waals surface area (Å²) in [6, 6.07) is 27.2. The molecule has 0 spiro atoms. The van der Waals surface area contributed by atoms with Crippen molar-refractivity contribution < 1.29 is 22.0 Å². The van der Waals surface area contributed by atoms with Crippen molar-refractivity contribution >= 4 is 43.3 Å². The first kappa shape index (κ1) is 34.4. The third-order valence-corrected chi connectivity index (χ3v) is 9.73. The Kier molecular flexibility index (Phi) is 9.77. The molecule has 14 heteroatoms. The first-order chi connectivity index (χ1) is 23.9. The zero-order valence-corrected chi connectivity index (χ0v) is 28.5. The van der Waals surface area contributed by atoms with Gasteiger partial charge in [0.15, 0.2) is 0 Å². The van der Waals surface area contributed by atoms with Gasteiger partial charge in [0.1, 0.15) is 16.5 Å². The molecule has 0 radical (unpaired) electrons. The lowest BCUT2D eigenvalue weighted by Crippen LogP contribution is -2.39. The van der Waals surface area contributed by atoms with Gasteiger partial charge in [0.2, 0.25) is 10.0 Å². The summed E-state index contributed by atoms with van der Waals surface area (Å²) in [4.78, 5) is 43.7. The molecule has 256 valence electrons. The number of thiophene rings is 1. The largest absolute Gasteiger partial charge is 0.337 e. The fourth-order valence-corrected chi connectivity index (χ4v) is 7.38. The van der Waals surface area contributed by atoms with Crippen LogP contribution in [-0.4, -0.2) is 41.8 Å². The monoisotopic (exact) mass is 715 g/mol. The maximum Gasteiger partial charge on any atom is 0.337 e. The quantitative estimate of drug-likeness (QED) is 0.182. The number of sulfonamides is 1. The van der Waals surface area contributed by atoms with E-state index in [1.54, 1.807) is 54.6 Å². The standard InChI is InChI=1S/C36H31F2N5O5S2/c1-41(20-23-10-5-3-6-11-23)21-28-31-33(44)43(26-12-7-4-8-13-26)36(46)42(22-27-29(37)14-9-15-30(27)38)34(31)49-32(28)24-16-18-25(19-17-24)39-35(45)40-50(2,47)48/h3-19H,20-22H2,1-2H3,(H2,39,40,45). The van der Waals surface area contributed by atoms with Gasteiger partial charge in [-0.1, -0.05) is 66.7 Å². The molecule has 0 saturated heterocycles. The summed E-state index contributed by atoms with van der Waals surface area (Å²) in [5.74, 6) is -1.66. The number of rotatable bonds is 10. The molecule has 6 aromatic rings. The average molecular weight is 716 g/mol. The van der Waals surface area contributed by atoms with Crippen LogP contribution < -0.4 is 21.3 Å². The van der Waals surface area contributed by atoms with Gasteiger partial charge in [0.05, 0.1) is 23.9 Å². The Labute approximate surface area is 289 Å². The number of carbonyl (C=O) groups excluding carboxylic acids is 1. The van der Waals surface area contributed by atoms with Crippen LogP contribution in [0.4, 0.5) is 19.3 Å². The molecule has 0 aliphatic carbocycles. The third-order valence-electron chi connectivity index (χ3n) is 7.87. The minimum absolute atomic E-state index is 0.222. The molecule has 2 amide bonds. The van der Waals surface area contributed by atoms with Gasteiger partial charge in [0, 0.05) is 29.2 Å². The average Bonchev–Trinajstić information content (AvgIpc) is 3.43. The summed E-state index contributed by atoms with van der Waals surface area (Å²) < 4.78 is 57.1. The molecule has 2 heterocycles. The zero-order valence-electron chi connectivity index (χ0n) is 26.9. The molecule has 0 saturated carbocycles. The van der Waals surface area contributed by atoms with Crippen molar-refractivity contribution in [2.24, 2.45) is 0 Å².